The highest BCUT2D eigenvalue weighted by Crippen LogP contribution is 2.36. The van der Waals surface area contributed by atoms with E-state index in [0.29, 0.717) is 0 Å². The summed E-state index contributed by atoms with van der Waals surface area (Å²) >= 11 is 0. The predicted molar refractivity (Wildman–Crippen MR) is 85.4 cm³/mol. The minimum absolute atomic E-state index is 0.0699. The molecular weight excluding hydrogens is 230 g/mol. The summed E-state index contributed by atoms with van der Waals surface area (Å²) in [6, 6.07) is 8.92. The first kappa shape index (κ1) is 16.2. The van der Waals surface area contributed by atoms with Crippen LogP contribution in [0.5, 0.6) is 0 Å². The summed E-state index contributed by atoms with van der Waals surface area (Å²) in [4.78, 5) is 0. The Morgan fingerprint density at radius 1 is 1.00 bits per heavy atom. The van der Waals surface area contributed by atoms with Crippen LogP contribution in [-0.2, 0) is 11.0 Å². The van der Waals surface area contributed by atoms with Gasteiger partial charge in [0.15, 0.2) is 0 Å². The quantitative estimate of drug-likeness (QED) is 0.745. The molecule has 19 heavy (non-hydrogen) atoms. The van der Waals surface area contributed by atoms with Crippen LogP contribution in [0.15, 0.2) is 24.3 Å². The van der Waals surface area contributed by atoms with Gasteiger partial charge in [0.1, 0.15) is 0 Å². The van der Waals surface area contributed by atoms with Crippen molar-refractivity contribution < 1.29 is 0 Å². The van der Waals surface area contributed by atoms with E-state index in [0.717, 1.165) is 12.8 Å². The van der Waals surface area contributed by atoms with E-state index in [4.69, 9.17) is 5.73 Å². The summed E-state index contributed by atoms with van der Waals surface area (Å²) in [7, 11) is 0. The second kappa shape index (κ2) is 6.56. The van der Waals surface area contributed by atoms with E-state index in [-0.39, 0.29) is 11.0 Å². The van der Waals surface area contributed by atoms with Gasteiger partial charge in [0, 0.05) is 5.54 Å². The lowest BCUT2D eigenvalue weighted by atomic mass is 9.75. The maximum absolute atomic E-state index is 6.59. The first-order valence-electron chi connectivity index (χ1n) is 7.82. The van der Waals surface area contributed by atoms with E-state index >= 15 is 0 Å². The zero-order chi connectivity index (χ0) is 14.5. The highest BCUT2D eigenvalue weighted by Gasteiger charge is 2.30. The molecule has 0 spiro atoms. The fourth-order valence-corrected chi connectivity index (χ4v) is 2.77. The topological polar surface area (TPSA) is 26.0 Å². The number of benzene rings is 1. The molecule has 1 nitrogen and oxygen atoms in total. The molecule has 1 aliphatic rings. The van der Waals surface area contributed by atoms with Gasteiger partial charge in [0.2, 0.25) is 0 Å². The number of rotatable bonds is 1. The van der Waals surface area contributed by atoms with Crippen molar-refractivity contribution in [2.24, 2.45) is 5.73 Å². The summed E-state index contributed by atoms with van der Waals surface area (Å²) in [5, 5.41) is 0. The van der Waals surface area contributed by atoms with Gasteiger partial charge in [0.05, 0.1) is 0 Å². The van der Waals surface area contributed by atoms with E-state index < -0.39 is 0 Å². The van der Waals surface area contributed by atoms with Crippen molar-refractivity contribution in [2.75, 3.05) is 0 Å². The Bertz CT molecular complexity index is 381. The third-order valence-electron chi connectivity index (χ3n) is 4.05. The van der Waals surface area contributed by atoms with Gasteiger partial charge in [-0.1, -0.05) is 78.1 Å². The zero-order valence-corrected chi connectivity index (χ0v) is 13.4. The molecule has 2 N–H and O–H groups in total. The molecule has 1 aromatic carbocycles. The fourth-order valence-electron chi connectivity index (χ4n) is 2.77. The molecule has 0 amide bonds. The lowest BCUT2D eigenvalue weighted by Crippen LogP contribution is -2.38. The van der Waals surface area contributed by atoms with Crippen LogP contribution >= 0.6 is 0 Å². The van der Waals surface area contributed by atoms with Crippen LogP contribution in [0.3, 0.4) is 0 Å². The Morgan fingerprint density at radius 3 is 2.11 bits per heavy atom. The first-order valence-corrected chi connectivity index (χ1v) is 7.82. The van der Waals surface area contributed by atoms with Crippen molar-refractivity contribution >= 4 is 0 Å². The molecule has 0 atom stereocenters. The highest BCUT2D eigenvalue weighted by molar-refractivity contribution is 5.33. The summed E-state index contributed by atoms with van der Waals surface area (Å²) in [5.41, 5.74) is 9.46. The molecular formula is C18H31N. The number of hydrogen-bond acceptors (Lipinski definition) is 1. The number of hydrogen-bond donors (Lipinski definition) is 1. The largest absolute Gasteiger partial charge is 0.321 e. The lowest BCUT2D eigenvalue weighted by molar-refractivity contribution is 0.302. The van der Waals surface area contributed by atoms with Gasteiger partial charge in [-0.25, -0.2) is 0 Å². The van der Waals surface area contributed by atoms with Gasteiger partial charge in [-0.05, 0) is 29.4 Å². The normalized spacial score (nSPS) is 18.4. The average molecular weight is 261 g/mol. The maximum atomic E-state index is 6.59. The van der Waals surface area contributed by atoms with Crippen molar-refractivity contribution in [3.63, 3.8) is 0 Å². The van der Waals surface area contributed by atoms with E-state index in [9.17, 15) is 0 Å². The van der Waals surface area contributed by atoms with Crippen LogP contribution in [-0.4, -0.2) is 0 Å². The van der Waals surface area contributed by atoms with Crippen LogP contribution in [0.1, 0.15) is 77.8 Å². The van der Waals surface area contributed by atoms with E-state index in [1.807, 2.05) is 13.8 Å². The van der Waals surface area contributed by atoms with Crippen molar-refractivity contribution in [2.45, 2.75) is 77.7 Å². The highest BCUT2D eigenvalue weighted by atomic mass is 14.7. The summed E-state index contributed by atoms with van der Waals surface area (Å²) in [5.74, 6) is 0. The molecule has 0 bridgehead atoms. The Balaban J connectivity index is 0.000000861. The van der Waals surface area contributed by atoms with Gasteiger partial charge >= 0.3 is 0 Å². The molecule has 0 heterocycles. The second-order valence-electron chi connectivity index (χ2n) is 6.55. The van der Waals surface area contributed by atoms with E-state index in [2.05, 4.69) is 45.0 Å². The molecule has 1 aliphatic carbocycles. The zero-order valence-electron chi connectivity index (χ0n) is 13.4. The van der Waals surface area contributed by atoms with Crippen LogP contribution in [0.25, 0.3) is 0 Å². The van der Waals surface area contributed by atoms with Gasteiger partial charge in [-0.2, -0.15) is 0 Å². The SMILES string of the molecule is CC.CC(C)(C)c1cccc(C2(N)CCCCC2)c1. The van der Waals surface area contributed by atoms with Crippen LogP contribution in [0.2, 0.25) is 0 Å². The first-order chi connectivity index (χ1) is 8.92. The molecule has 108 valence electrons. The number of nitrogens with two attached hydrogens (primary N) is 1. The van der Waals surface area contributed by atoms with Crippen molar-refractivity contribution in [1.29, 1.82) is 0 Å². The third kappa shape index (κ3) is 4.07. The van der Waals surface area contributed by atoms with Crippen LogP contribution < -0.4 is 5.73 Å². The van der Waals surface area contributed by atoms with Crippen molar-refractivity contribution in [3.8, 4) is 0 Å². The molecule has 0 saturated heterocycles. The molecule has 1 fully saturated rings. The van der Waals surface area contributed by atoms with Gasteiger partial charge in [-0.15, -0.1) is 0 Å². The smallest absolute Gasteiger partial charge is 0.0409 e. The lowest BCUT2D eigenvalue weighted by Gasteiger charge is -2.35. The van der Waals surface area contributed by atoms with Gasteiger partial charge in [0.25, 0.3) is 0 Å². The minimum atomic E-state index is -0.0699. The van der Waals surface area contributed by atoms with Gasteiger partial charge in [-0.3, -0.25) is 0 Å². The van der Waals surface area contributed by atoms with Crippen LogP contribution in [0, 0.1) is 0 Å². The monoisotopic (exact) mass is 261 g/mol. The van der Waals surface area contributed by atoms with E-state index in [1.54, 1.807) is 0 Å². The van der Waals surface area contributed by atoms with E-state index in [1.165, 1.54) is 30.4 Å². The Morgan fingerprint density at radius 2 is 1.58 bits per heavy atom. The van der Waals surface area contributed by atoms with Crippen molar-refractivity contribution in [1.82, 2.24) is 0 Å². The van der Waals surface area contributed by atoms with Gasteiger partial charge < -0.3 is 5.73 Å². The minimum Gasteiger partial charge on any atom is -0.321 e. The Labute approximate surface area is 119 Å². The molecule has 0 unspecified atom stereocenters. The molecule has 2 rings (SSSR count). The molecule has 1 saturated carbocycles. The molecule has 0 aliphatic heterocycles. The average Bonchev–Trinajstić information content (AvgIpc) is 2.41. The predicted octanol–water partition coefficient (Wildman–Crippen LogP) is 5.13. The fraction of sp³-hybridized carbons (Fsp3) is 0.667. The Hall–Kier alpha value is -0.820. The molecule has 0 aromatic heterocycles. The molecule has 1 heteroatoms. The molecule has 0 radical (unpaired) electrons. The third-order valence-corrected chi connectivity index (χ3v) is 4.05. The standard InChI is InChI=1S/C16H25N.C2H6/c1-15(2,3)13-8-7-9-14(12-13)16(17)10-5-4-6-11-16;1-2/h7-9,12H,4-6,10-11,17H2,1-3H3;1-2H3. The molecule has 1 aromatic rings. The Kier molecular flexibility index (Phi) is 5.61. The maximum Gasteiger partial charge on any atom is 0.0409 e. The summed E-state index contributed by atoms with van der Waals surface area (Å²) in [6.45, 7) is 10.8. The summed E-state index contributed by atoms with van der Waals surface area (Å²) < 4.78 is 0. The second-order valence-corrected chi connectivity index (χ2v) is 6.55. The summed E-state index contributed by atoms with van der Waals surface area (Å²) in [6.07, 6.45) is 6.17. The van der Waals surface area contributed by atoms with Crippen LogP contribution in [0.4, 0.5) is 0 Å². The van der Waals surface area contributed by atoms with Crippen molar-refractivity contribution in [3.05, 3.63) is 35.4 Å².